The zero-order valence-corrected chi connectivity index (χ0v) is 25.7. The van der Waals surface area contributed by atoms with Gasteiger partial charge in [-0.15, -0.1) is 0 Å². The summed E-state index contributed by atoms with van der Waals surface area (Å²) in [6, 6.07) is 12.1. The minimum absolute atomic E-state index is 0. The van der Waals surface area contributed by atoms with Crippen LogP contribution in [0.15, 0.2) is 73.3 Å². The number of Topliss-reactive ketones (excluding diaryl/α,β-unsaturated/α-hetero) is 2. The molecule has 0 aliphatic heterocycles. The number of carbonyl (C=O) groups excluding carboxylic acids is 2. The van der Waals surface area contributed by atoms with Crippen molar-refractivity contribution >= 4 is 58.3 Å². The third-order valence-electron chi connectivity index (χ3n) is 4.87. The van der Waals surface area contributed by atoms with Gasteiger partial charge in [-0.25, -0.2) is 9.59 Å². The van der Waals surface area contributed by atoms with Crippen molar-refractivity contribution in [3.8, 4) is 22.8 Å². The van der Waals surface area contributed by atoms with E-state index in [2.05, 4.69) is 44.4 Å². The van der Waals surface area contributed by atoms with Gasteiger partial charge in [0.1, 0.15) is 0 Å². The maximum absolute atomic E-state index is 11.3. The van der Waals surface area contributed by atoms with Gasteiger partial charge < -0.3 is 21.0 Å². The molecule has 0 bridgehead atoms. The molecular weight excluding hydrogens is 682 g/mol. The molecule has 4 aromatic rings. The Hall–Kier alpha value is -4.90. The van der Waals surface area contributed by atoms with Gasteiger partial charge >= 0.3 is 31.4 Å². The number of carbonyl (C=O) groups is 4. The maximum Gasteiger partial charge on any atom is 2.00 e. The van der Waals surface area contributed by atoms with Crippen LogP contribution in [0, 0.1) is 0 Å². The van der Waals surface area contributed by atoms with Crippen molar-refractivity contribution in [2.24, 2.45) is 0 Å². The predicted octanol–water partition coefficient (Wildman–Crippen LogP) is 5.40. The van der Waals surface area contributed by atoms with E-state index in [1.165, 1.54) is 73.2 Å². The van der Waals surface area contributed by atoms with Crippen molar-refractivity contribution in [3.05, 3.63) is 106 Å². The van der Waals surface area contributed by atoms with E-state index in [1.54, 1.807) is 24.3 Å². The summed E-state index contributed by atoms with van der Waals surface area (Å²) in [7, 11) is 0. The standard InChI is InChI=1S/2C13H10N2O3.2CNS.Ru/c2*1-8(16)9-2-4-14-11(6-9)12-7-10(13(17)18)3-5-15-12;2*2-1-3;/h2*2-7H,1H3,(H,17,18);;;/q;;2*-1;+2. The summed E-state index contributed by atoms with van der Waals surface area (Å²) >= 11 is 7.40. The summed E-state index contributed by atoms with van der Waals surface area (Å²) in [6.07, 6.45) is 5.81. The van der Waals surface area contributed by atoms with Gasteiger partial charge in [0.05, 0.1) is 33.9 Å². The number of hydrogen-bond acceptors (Lipinski definition) is 10. The maximum atomic E-state index is 11.3. The van der Waals surface area contributed by atoms with Gasteiger partial charge in [-0.2, -0.15) is 10.3 Å². The van der Waals surface area contributed by atoms with Crippen molar-refractivity contribution in [2.45, 2.75) is 13.8 Å². The fourth-order valence-electron chi connectivity index (χ4n) is 2.99. The smallest absolute Gasteiger partial charge is 0.753 e. The van der Waals surface area contributed by atoms with Crippen LogP contribution in [0.25, 0.3) is 33.6 Å². The van der Waals surface area contributed by atoms with Crippen LogP contribution in [0.5, 0.6) is 0 Å². The quantitative estimate of drug-likeness (QED) is 0.112. The number of pyridine rings is 4. The number of rotatable bonds is 6. The van der Waals surface area contributed by atoms with Crippen molar-refractivity contribution in [3.63, 3.8) is 0 Å². The van der Waals surface area contributed by atoms with Gasteiger partial charge in [0.15, 0.2) is 11.6 Å². The molecule has 0 unspecified atom stereocenters. The Balaban J connectivity index is 0.000000680. The molecule has 0 saturated heterocycles. The first kappa shape index (κ1) is 38.1. The molecule has 0 aliphatic rings. The molecule has 43 heavy (non-hydrogen) atoms. The van der Waals surface area contributed by atoms with E-state index in [9.17, 15) is 19.2 Å². The first-order valence-electron chi connectivity index (χ1n) is 11.3. The van der Waals surface area contributed by atoms with E-state index < -0.39 is 11.9 Å². The number of aromatic nitrogens is 4. The van der Waals surface area contributed by atoms with Crippen LogP contribution in [-0.2, 0) is 19.5 Å². The second-order valence-corrected chi connectivity index (χ2v) is 7.99. The second-order valence-electron chi connectivity index (χ2n) is 7.62. The van der Waals surface area contributed by atoms with Crippen LogP contribution in [0.2, 0.25) is 0 Å². The minimum Gasteiger partial charge on any atom is -0.753 e. The number of hydrogen-bond donors (Lipinski definition) is 2. The fraction of sp³-hybridized carbons (Fsp3) is 0.0714. The Kier molecular flexibility index (Phi) is 17.8. The molecule has 4 heterocycles. The average Bonchev–Trinajstić information content (AvgIpc) is 2.98. The topological polar surface area (TPSA) is 205 Å². The number of carboxylic acids is 2. The van der Waals surface area contributed by atoms with E-state index in [0.29, 0.717) is 33.9 Å². The van der Waals surface area contributed by atoms with Gasteiger partial charge in [-0.3, -0.25) is 29.5 Å². The largest absolute Gasteiger partial charge is 2.00 e. The van der Waals surface area contributed by atoms with Crippen LogP contribution in [0.1, 0.15) is 55.3 Å². The summed E-state index contributed by atoms with van der Waals surface area (Å²) < 4.78 is 0. The molecular formula is C28H20N6O6RuS2. The third-order valence-corrected chi connectivity index (χ3v) is 4.87. The monoisotopic (exact) mass is 702 g/mol. The number of isothiocyanates is 2. The molecule has 0 spiro atoms. The van der Waals surface area contributed by atoms with Crippen LogP contribution in [0.4, 0.5) is 0 Å². The van der Waals surface area contributed by atoms with Gasteiger partial charge in [-0.1, -0.05) is 24.4 Å². The van der Waals surface area contributed by atoms with E-state index >= 15 is 0 Å². The molecule has 0 amide bonds. The van der Waals surface area contributed by atoms with Crippen molar-refractivity contribution in [1.82, 2.24) is 19.9 Å². The normalized spacial score (nSPS) is 8.79. The van der Waals surface area contributed by atoms with E-state index in [0.717, 1.165) is 0 Å². The molecule has 0 aliphatic carbocycles. The Bertz CT molecular complexity index is 1440. The first-order valence-corrected chi connectivity index (χ1v) is 12.2. The van der Waals surface area contributed by atoms with Crippen LogP contribution in [0.3, 0.4) is 0 Å². The van der Waals surface area contributed by atoms with Gasteiger partial charge in [0.25, 0.3) is 0 Å². The molecule has 2 N–H and O–H groups in total. The minimum atomic E-state index is -1.03. The van der Waals surface area contributed by atoms with Crippen LogP contribution in [-0.4, -0.2) is 64.0 Å². The summed E-state index contributed by atoms with van der Waals surface area (Å²) in [5, 5.41) is 34.7. The SMILES string of the molecule is CC(=O)c1ccnc(-c2cc(C(=O)O)ccn2)c1.CC(=O)c1ccnc(-c2cc(C(=O)O)ccn2)c1.[N-]=C=S.[N-]=C=S.[Ru+2]. The Labute approximate surface area is 269 Å². The number of aromatic carboxylic acids is 2. The number of nitrogens with zero attached hydrogens (tertiary/aromatic N) is 6. The zero-order valence-electron chi connectivity index (χ0n) is 22.3. The molecule has 0 saturated carbocycles. The Morgan fingerprint density at radius 1 is 0.581 bits per heavy atom. The Morgan fingerprint density at radius 2 is 0.791 bits per heavy atom. The third kappa shape index (κ3) is 13.1. The second kappa shape index (κ2) is 20.1. The fourth-order valence-corrected chi connectivity index (χ4v) is 2.99. The van der Waals surface area contributed by atoms with Gasteiger partial charge in [0.2, 0.25) is 0 Å². The van der Waals surface area contributed by atoms with Gasteiger partial charge in [0, 0.05) is 35.9 Å². The summed E-state index contributed by atoms with van der Waals surface area (Å²) in [4.78, 5) is 60.5. The van der Waals surface area contributed by atoms with Crippen LogP contribution < -0.4 is 0 Å². The zero-order chi connectivity index (χ0) is 31.7. The predicted molar refractivity (Wildman–Crippen MR) is 161 cm³/mol. The van der Waals surface area contributed by atoms with Gasteiger partial charge in [-0.05, 0) is 62.4 Å². The number of ketones is 2. The number of thiocarbonyl (C=S) groups is 2. The van der Waals surface area contributed by atoms with E-state index in [4.69, 9.17) is 21.0 Å². The molecule has 0 radical (unpaired) electrons. The van der Waals surface area contributed by atoms with Crippen LogP contribution >= 0.6 is 24.4 Å². The Morgan fingerprint density at radius 3 is 1.00 bits per heavy atom. The van der Waals surface area contributed by atoms with Crippen molar-refractivity contribution in [2.75, 3.05) is 0 Å². The molecule has 0 atom stereocenters. The van der Waals surface area contributed by atoms with E-state index in [1.807, 2.05) is 0 Å². The average molecular weight is 702 g/mol. The molecule has 12 nitrogen and oxygen atoms in total. The molecule has 0 fully saturated rings. The molecule has 0 aromatic carbocycles. The first-order chi connectivity index (χ1) is 20.0. The summed E-state index contributed by atoms with van der Waals surface area (Å²) in [5.74, 6) is -2.20. The van der Waals surface area contributed by atoms with Crippen molar-refractivity contribution in [1.29, 1.82) is 0 Å². The summed E-state index contributed by atoms with van der Waals surface area (Å²) in [6.45, 7) is 2.92. The van der Waals surface area contributed by atoms with E-state index in [-0.39, 0.29) is 42.2 Å². The van der Waals surface area contributed by atoms with Crippen molar-refractivity contribution < 1.29 is 48.9 Å². The molecule has 218 valence electrons. The molecule has 4 aromatic heterocycles. The number of carboxylic acid groups (broad SMARTS) is 2. The molecule has 15 heteroatoms. The molecule has 4 rings (SSSR count). The summed E-state index contributed by atoms with van der Waals surface area (Å²) in [5.41, 5.74) is 3.11.